The van der Waals surface area contributed by atoms with Gasteiger partial charge in [0.2, 0.25) is 0 Å². The Hall–Kier alpha value is -1.33. The van der Waals surface area contributed by atoms with Crippen LogP contribution in [0.1, 0.15) is 42.6 Å². The van der Waals surface area contributed by atoms with E-state index in [0.29, 0.717) is 12.1 Å². The third-order valence-electron chi connectivity index (χ3n) is 3.54. The Morgan fingerprint density at radius 2 is 2.10 bits per heavy atom. The molecule has 1 atom stereocenters. The van der Waals surface area contributed by atoms with Crippen molar-refractivity contribution in [2.24, 2.45) is 0 Å². The first-order valence-corrected chi connectivity index (χ1v) is 7.97. The van der Waals surface area contributed by atoms with Crippen LogP contribution in [-0.2, 0) is 13.0 Å². The summed E-state index contributed by atoms with van der Waals surface area (Å²) in [6.07, 6.45) is 2.07. The second-order valence-corrected chi connectivity index (χ2v) is 6.18. The van der Waals surface area contributed by atoms with Crippen LogP contribution in [0, 0.1) is 11.6 Å². The summed E-state index contributed by atoms with van der Waals surface area (Å²) >= 11 is 1.66. The van der Waals surface area contributed by atoms with Gasteiger partial charge in [0.25, 0.3) is 0 Å². The lowest BCUT2D eigenvalue weighted by Crippen LogP contribution is -2.23. The zero-order chi connectivity index (χ0) is 15.4. The van der Waals surface area contributed by atoms with Crippen molar-refractivity contribution in [2.75, 3.05) is 7.05 Å². The molecule has 1 aromatic heterocycles. The summed E-state index contributed by atoms with van der Waals surface area (Å²) < 4.78 is 27.1. The lowest BCUT2D eigenvalue weighted by Gasteiger charge is -2.24. The van der Waals surface area contributed by atoms with Crippen LogP contribution < -0.4 is 0 Å². The molecular weight excluding hydrogens is 290 g/mol. The Kier molecular flexibility index (Phi) is 5.42. The maximum absolute atomic E-state index is 13.8. The lowest BCUT2D eigenvalue weighted by atomic mass is 10.1. The van der Waals surface area contributed by atoms with E-state index in [0.717, 1.165) is 29.6 Å². The quantitative estimate of drug-likeness (QED) is 0.777. The average molecular weight is 310 g/mol. The fourth-order valence-electron chi connectivity index (χ4n) is 2.21. The van der Waals surface area contributed by atoms with Crippen molar-refractivity contribution in [3.63, 3.8) is 0 Å². The first-order chi connectivity index (χ1) is 10.0. The van der Waals surface area contributed by atoms with Gasteiger partial charge in [-0.2, -0.15) is 0 Å². The molecule has 0 N–H and O–H groups in total. The fraction of sp³-hybridized carbons (Fsp3) is 0.438. The molecule has 0 saturated heterocycles. The number of thiazole rings is 1. The Morgan fingerprint density at radius 1 is 1.33 bits per heavy atom. The molecule has 1 heterocycles. The highest BCUT2D eigenvalue weighted by Gasteiger charge is 2.17. The standard InChI is InChI=1S/C16H20F2N2S/c1-4-5-16-19-13(10-21-16)9-20(3)11(2)14-8-12(17)6-7-15(14)18/h6-8,10-11H,4-5,9H2,1-3H3. The molecule has 0 saturated carbocycles. The topological polar surface area (TPSA) is 16.1 Å². The van der Waals surface area contributed by atoms with Gasteiger partial charge in [0, 0.05) is 23.5 Å². The highest BCUT2D eigenvalue weighted by Crippen LogP contribution is 2.24. The van der Waals surface area contributed by atoms with Crippen LogP contribution in [0.5, 0.6) is 0 Å². The molecule has 0 aliphatic rings. The van der Waals surface area contributed by atoms with Gasteiger partial charge >= 0.3 is 0 Å². The van der Waals surface area contributed by atoms with Crippen LogP contribution in [0.25, 0.3) is 0 Å². The van der Waals surface area contributed by atoms with Crippen molar-refractivity contribution in [1.82, 2.24) is 9.88 Å². The summed E-state index contributed by atoms with van der Waals surface area (Å²) in [5, 5.41) is 3.17. The van der Waals surface area contributed by atoms with Gasteiger partial charge in [-0.15, -0.1) is 11.3 Å². The number of hydrogen-bond donors (Lipinski definition) is 0. The van der Waals surface area contributed by atoms with Crippen LogP contribution in [0.3, 0.4) is 0 Å². The van der Waals surface area contributed by atoms with Crippen molar-refractivity contribution in [3.05, 3.63) is 51.5 Å². The number of benzene rings is 1. The van der Waals surface area contributed by atoms with E-state index in [-0.39, 0.29) is 11.9 Å². The number of halogens is 2. The van der Waals surface area contributed by atoms with Crippen LogP contribution in [0.2, 0.25) is 0 Å². The van der Waals surface area contributed by atoms with E-state index in [4.69, 9.17) is 0 Å². The molecule has 0 bridgehead atoms. The molecule has 21 heavy (non-hydrogen) atoms. The van der Waals surface area contributed by atoms with Gasteiger partial charge in [-0.1, -0.05) is 6.92 Å². The lowest BCUT2D eigenvalue weighted by molar-refractivity contribution is 0.245. The molecule has 1 unspecified atom stereocenters. The molecule has 0 aliphatic heterocycles. The van der Waals surface area contributed by atoms with Gasteiger partial charge in [0.15, 0.2) is 0 Å². The summed E-state index contributed by atoms with van der Waals surface area (Å²) in [7, 11) is 1.90. The summed E-state index contributed by atoms with van der Waals surface area (Å²) in [5.41, 5.74) is 1.36. The number of hydrogen-bond acceptors (Lipinski definition) is 3. The van der Waals surface area contributed by atoms with Gasteiger partial charge in [-0.25, -0.2) is 13.8 Å². The van der Waals surface area contributed by atoms with E-state index in [9.17, 15) is 8.78 Å². The number of aryl methyl sites for hydroxylation is 1. The molecule has 0 amide bonds. The molecule has 1 aromatic carbocycles. The van der Waals surface area contributed by atoms with Crippen LogP contribution >= 0.6 is 11.3 Å². The molecule has 2 aromatic rings. The van der Waals surface area contributed by atoms with Gasteiger partial charge < -0.3 is 0 Å². The van der Waals surface area contributed by atoms with Gasteiger partial charge in [0.1, 0.15) is 11.6 Å². The van der Waals surface area contributed by atoms with Crippen molar-refractivity contribution in [3.8, 4) is 0 Å². The minimum atomic E-state index is -0.412. The highest BCUT2D eigenvalue weighted by atomic mass is 32.1. The van der Waals surface area contributed by atoms with Gasteiger partial charge in [-0.3, -0.25) is 4.90 Å². The molecule has 0 spiro atoms. The SMILES string of the molecule is CCCc1nc(CN(C)C(C)c2cc(F)ccc2F)cs1. The Labute approximate surface area is 128 Å². The summed E-state index contributed by atoms with van der Waals surface area (Å²) in [6.45, 7) is 4.62. The van der Waals surface area contributed by atoms with Crippen LogP contribution in [0.4, 0.5) is 8.78 Å². The monoisotopic (exact) mass is 310 g/mol. The van der Waals surface area contributed by atoms with Crippen molar-refractivity contribution in [2.45, 2.75) is 39.3 Å². The Balaban J connectivity index is 2.07. The van der Waals surface area contributed by atoms with E-state index in [2.05, 4.69) is 11.9 Å². The van der Waals surface area contributed by atoms with E-state index in [1.165, 1.54) is 12.1 Å². The van der Waals surface area contributed by atoms with E-state index in [1.807, 2.05) is 24.3 Å². The highest BCUT2D eigenvalue weighted by molar-refractivity contribution is 7.09. The summed E-state index contributed by atoms with van der Waals surface area (Å²) in [6, 6.07) is 3.37. The normalized spacial score (nSPS) is 12.9. The third kappa shape index (κ3) is 4.08. The predicted octanol–water partition coefficient (Wildman–Crippen LogP) is 4.57. The van der Waals surface area contributed by atoms with E-state index in [1.54, 1.807) is 11.3 Å². The Bertz CT molecular complexity index is 598. The summed E-state index contributed by atoms with van der Waals surface area (Å²) in [4.78, 5) is 6.54. The molecule has 114 valence electrons. The maximum atomic E-state index is 13.8. The number of nitrogens with zero attached hydrogens (tertiary/aromatic N) is 2. The first-order valence-electron chi connectivity index (χ1n) is 7.09. The van der Waals surface area contributed by atoms with Crippen molar-refractivity contribution in [1.29, 1.82) is 0 Å². The minimum absolute atomic E-state index is 0.211. The van der Waals surface area contributed by atoms with Crippen molar-refractivity contribution >= 4 is 11.3 Å². The zero-order valence-corrected chi connectivity index (χ0v) is 13.4. The molecular formula is C16H20F2N2S. The number of aromatic nitrogens is 1. The second kappa shape index (κ2) is 7.09. The maximum Gasteiger partial charge on any atom is 0.128 e. The van der Waals surface area contributed by atoms with Gasteiger partial charge in [0.05, 0.1) is 10.7 Å². The average Bonchev–Trinajstić information content (AvgIpc) is 2.88. The molecule has 0 aliphatic carbocycles. The number of rotatable bonds is 6. The zero-order valence-electron chi connectivity index (χ0n) is 12.6. The van der Waals surface area contributed by atoms with Gasteiger partial charge in [-0.05, 0) is 45.0 Å². The first kappa shape index (κ1) is 16.0. The molecule has 5 heteroatoms. The molecule has 2 nitrogen and oxygen atoms in total. The van der Waals surface area contributed by atoms with Crippen LogP contribution in [-0.4, -0.2) is 16.9 Å². The second-order valence-electron chi connectivity index (χ2n) is 5.24. The fourth-order valence-corrected chi connectivity index (χ4v) is 3.11. The third-order valence-corrected chi connectivity index (χ3v) is 4.50. The Morgan fingerprint density at radius 3 is 2.81 bits per heavy atom. The van der Waals surface area contributed by atoms with E-state index < -0.39 is 5.82 Å². The molecule has 0 fully saturated rings. The van der Waals surface area contributed by atoms with Crippen molar-refractivity contribution < 1.29 is 8.78 Å². The smallest absolute Gasteiger partial charge is 0.128 e. The van der Waals surface area contributed by atoms with Crippen LogP contribution in [0.15, 0.2) is 23.6 Å². The van der Waals surface area contributed by atoms with E-state index >= 15 is 0 Å². The predicted molar refractivity (Wildman–Crippen MR) is 82.3 cm³/mol. The molecule has 2 rings (SSSR count). The summed E-state index contributed by atoms with van der Waals surface area (Å²) in [5.74, 6) is -0.786. The minimum Gasteiger partial charge on any atom is -0.294 e. The molecule has 0 radical (unpaired) electrons. The largest absolute Gasteiger partial charge is 0.294 e.